The lowest BCUT2D eigenvalue weighted by molar-refractivity contribution is 0.0767. The van der Waals surface area contributed by atoms with Crippen LogP contribution in [0.4, 0.5) is 10.9 Å². The van der Waals surface area contributed by atoms with E-state index in [1.807, 2.05) is 23.9 Å². The maximum Gasteiger partial charge on any atom is 0.267 e. The lowest BCUT2D eigenvalue weighted by Crippen LogP contribution is -2.31. The molecule has 0 aromatic carbocycles. The highest BCUT2D eigenvalue weighted by Crippen LogP contribution is 2.28. The summed E-state index contributed by atoms with van der Waals surface area (Å²) in [6.45, 7) is 1.68. The zero-order chi connectivity index (χ0) is 13.1. The molecule has 6 heteroatoms. The van der Waals surface area contributed by atoms with Crippen molar-refractivity contribution in [2.24, 2.45) is 0 Å². The molecule has 1 aromatic rings. The molecule has 0 radical (unpaired) electrons. The average Bonchev–Trinajstić information content (AvgIpc) is 2.57. The number of carbonyl (C=O) groups is 1. The second-order valence-electron chi connectivity index (χ2n) is 4.81. The topological polar surface area (TPSA) is 62.5 Å². The lowest BCUT2D eigenvalue weighted by Gasteiger charge is -2.19. The van der Waals surface area contributed by atoms with Crippen LogP contribution in [0.3, 0.4) is 0 Å². The molecule has 0 aliphatic carbocycles. The highest BCUT2D eigenvalue weighted by Gasteiger charge is 2.23. The highest BCUT2D eigenvalue weighted by molar-refractivity contribution is 7.18. The van der Waals surface area contributed by atoms with E-state index in [9.17, 15) is 4.79 Å². The SMILES string of the molecule is CN(C)c1nc(N)c(C(=O)N2CCCCCC2)s1. The first kappa shape index (κ1) is 13.1. The van der Waals surface area contributed by atoms with E-state index in [1.54, 1.807) is 0 Å². The summed E-state index contributed by atoms with van der Waals surface area (Å²) >= 11 is 1.37. The van der Waals surface area contributed by atoms with Gasteiger partial charge in [0.25, 0.3) is 5.91 Å². The standard InChI is InChI=1S/C12H20N4OS/c1-15(2)12-14-10(13)9(18-12)11(17)16-7-5-3-4-6-8-16/h3-8,13H2,1-2H3. The van der Waals surface area contributed by atoms with E-state index in [1.165, 1.54) is 24.2 Å². The Labute approximate surface area is 112 Å². The molecule has 1 fully saturated rings. The number of nitrogen functional groups attached to an aromatic ring is 1. The van der Waals surface area contributed by atoms with E-state index in [0.717, 1.165) is 31.1 Å². The molecule has 2 rings (SSSR count). The third kappa shape index (κ3) is 2.75. The number of aromatic nitrogens is 1. The molecule has 0 atom stereocenters. The van der Waals surface area contributed by atoms with Crippen molar-refractivity contribution in [1.29, 1.82) is 0 Å². The third-order valence-corrected chi connectivity index (χ3v) is 4.34. The van der Waals surface area contributed by atoms with Crippen molar-refractivity contribution in [3.8, 4) is 0 Å². The molecular formula is C12H20N4OS. The second kappa shape index (κ2) is 5.56. The number of amides is 1. The minimum Gasteiger partial charge on any atom is -0.382 e. The molecule has 0 saturated carbocycles. The number of hydrogen-bond acceptors (Lipinski definition) is 5. The van der Waals surface area contributed by atoms with Crippen LogP contribution in [-0.4, -0.2) is 43.0 Å². The monoisotopic (exact) mass is 268 g/mol. The molecule has 100 valence electrons. The van der Waals surface area contributed by atoms with Gasteiger partial charge in [0.1, 0.15) is 10.7 Å². The van der Waals surface area contributed by atoms with Crippen molar-refractivity contribution in [1.82, 2.24) is 9.88 Å². The minimum atomic E-state index is 0.0417. The molecule has 2 heterocycles. The Morgan fingerprint density at radius 3 is 2.39 bits per heavy atom. The van der Waals surface area contributed by atoms with Crippen LogP contribution in [0.15, 0.2) is 0 Å². The van der Waals surface area contributed by atoms with Crippen molar-refractivity contribution in [2.75, 3.05) is 37.8 Å². The van der Waals surface area contributed by atoms with Crippen molar-refractivity contribution in [3.05, 3.63) is 4.88 Å². The molecule has 2 N–H and O–H groups in total. The van der Waals surface area contributed by atoms with Gasteiger partial charge in [-0.1, -0.05) is 24.2 Å². The quantitative estimate of drug-likeness (QED) is 0.888. The van der Waals surface area contributed by atoms with Crippen molar-refractivity contribution in [2.45, 2.75) is 25.7 Å². The summed E-state index contributed by atoms with van der Waals surface area (Å²) in [5, 5.41) is 0.783. The van der Waals surface area contributed by atoms with Crippen LogP contribution in [0.2, 0.25) is 0 Å². The predicted molar refractivity (Wildman–Crippen MR) is 75.2 cm³/mol. The lowest BCUT2D eigenvalue weighted by atomic mass is 10.2. The number of hydrogen-bond donors (Lipinski definition) is 1. The maximum atomic E-state index is 12.4. The zero-order valence-electron chi connectivity index (χ0n) is 11.0. The Balaban J connectivity index is 2.16. The molecular weight excluding hydrogens is 248 g/mol. The normalized spacial score (nSPS) is 16.4. The molecule has 1 aromatic heterocycles. The largest absolute Gasteiger partial charge is 0.382 e. The fourth-order valence-corrected chi connectivity index (χ4v) is 2.96. The Morgan fingerprint density at radius 2 is 1.89 bits per heavy atom. The van der Waals surface area contributed by atoms with Gasteiger partial charge in [-0.25, -0.2) is 4.98 Å². The smallest absolute Gasteiger partial charge is 0.267 e. The number of nitrogens with two attached hydrogens (primary N) is 1. The van der Waals surface area contributed by atoms with E-state index >= 15 is 0 Å². The summed E-state index contributed by atoms with van der Waals surface area (Å²) in [7, 11) is 3.80. The van der Waals surface area contributed by atoms with Crippen LogP contribution in [0.25, 0.3) is 0 Å². The van der Waals surface area contributed by atoms with Crippen LogP contribution in [-0.2, 0) is 0 Å². The van der Waals surface area contributed by atoms with Gasteiger partial charge in [-0.3, -0.25) is 4.79 Å². The van der Waals surface area contributed by atoms with Crippen LogP contribution < -0.4 is 10.6 Å². The zero-order valence-corrected chi connectivity index (χ0v) is 11.8. The fraction of sp³-hybridized carbons (Fsp3) is 0.667. The van der Waals surface area contributed by atoms with Gasteiger partial charge < -0.3 is 15.5 Å². The Morgan fingerprint density at radius 1 is 1.28 bits per heavy atom. The molecule has 1 amide bonds. The number of carbonyl (C=O) groups excluding carboxylic acids is 1. The molecule has 18 heavy (non-hydrogen) atoms. The molecule has 1 aliphatic heterocycles. The predicted octanol–water partition coefficient (Wildman–Crippen LogP) is 1.81. The summed E-state index contributed by atoms with van der Waals surface area (Å²) in [6, 6.07) is 0. The van der Waals surface area contributed by atoms with Gasteiger partial charge >= 0.3 is 0 Å². The molecule has 0 bridgehead atoms. The number of nitrogens with zero attached hydrogens (tertiary/aromatic N) is 3. The molecule has 1 saturated heterocycles. The Kier molecular flexibility index (Phi) is 4.06. The van der Waals surface area contributed by atoms with Gasteiger partial charge in [-0.2, -0.15) is 0 Å². The summed E-state index contributed by atoms with van der Waals surface area (Å²) in [5.41, 5.74) is 5.85. The minimum absolute atomic E-state index is 0.0417. The van der Waals surface area contributed by atoms with Crippen molar-refractivity contribution < 1.29 is 4.79 Å². The summed E-state index contributed by atoms with van der Waals surface area (Å²) in [6.07, 6.45) is 4.60. The van der Waals surface area contributed by atoms with Gasteiger partial charge in [0.2, 0.25) is 0 Å². The third-order valence-electron chi connectivity index (χ3n) is 3.11. The average molecular weight is 268 g/mol. The van der Waals surface area contributed by atoms with E-state index < -0.39 is 0 Å². The molecule has 0 unspecified atom stereocenters. The van der Waals surface area contributed by atoms with E-state index in [4.69, 9.17) is 5.73 Å². The van der Waals surface area contributed by atoms with Crippen LogP contribution in [0, 0.1) is 0 Å². The van der Waals surface area contributed by atoms with Gasteiger partial charge in [0.15, 0.2) is 5.13 Å². The van der Waals surface area contributed by atoms with Crippen LogP contribution in [0.1, 0.15) is 35.4 Å². The van der Waals surface area contributed by atoms with Crippen LogP contribution >= 0.6 is 11.3 Å². The first-order chi connectivity index (χ1) is 8.59. The van der Waals surface area contributed by atoms with E-state index in [2.05, 4.69) is 4.98 Å². The Bertz CT molecular complexity index is 422. The van der Waals surface area contributed by atoms with Crippen molar-refractivity contribution in [3.63, 3.8) is 0 Å². The summed E-state index contributed by atoms with van der Waals surface area (Å²) in [5.74, 6) is 0.401. The van der Waals surface area contributed by atoms with Gasteiger partial charge in [-0.05, 0) is 12.8 Å². The maximum absolute atomic E-state index is 12.4. The Hall–Kier alpha value is -1.30. The fourth-order valence-electron chi connectivity index (χ4n) is 2.08. The van der Waals surface area contributed by atoms with Gasteiger partial charge in [0.05, 0.1) is 0 Å². The summed E-state index contributed by atoms with van der Waals surface area (Å²) < 4.78 is 0. The number of likely N-dealkylation sites (tertiary alicyclic amines) is 1. The van der Waals surface area contributed by atoms with Gasteiger partial charge in [-0.15, -0.1) is 0 Å². The second-order valence-corrected chi connectivity index (χ2v) is 5.79. The van der Waals surface area contributed by atoms with Crippen molar-refractivity contribution >= 4 is 28.2 Å². The van der Waals surface area contributed by atoms with E-state index in [0.29, 0.717) is 10.7 Å². The molecule has 0 spiro atoms. The number of thiazole rings is 1. The molecule has 1 aliphatic rings. The first-order valence-electron chi connectivity index (χ1n) is 6.32. The molecule has 5 nitrogen and oxygen atoms in total. The number of rotatable bonds is 2. The van der Waals surface area contributed by atoms with Gasteiger partial charge in [0, 0.05) is 27.2 Å². The van der Waals surface area contributed by atoms with Crippen LogP contribution in [0.5, 0.6) is 0 Å². The summed E-state index contributed by atoms with van der Waals surface area (Å²) in [4.78, 5) is 21.0. The number of anilines is 2. The van der Waals surface area contributed by atoms with E-state index in [-0.39, 0.29) is 5.91 Å². The highest BCUT2D eigenvalue weighted by atomic mass is 32.1. The first-order valence-corrected chi connectivity index (χ1v) is 7.14.